The van der Waals surface area contributed by atoms with Crippen LogP contribution in [-0.2, 0) is 9.59 Å². The summed E-state index contributed by atoms with van der Waals surface area (Å²) in [6.45, 7) is -1.49. The Morgan fingerprint density at radius 3 is 1.89 bits per heavy atom. The number of rotatable bonds is 7. The van der Waals surface area contributed by atoms with Gasteiger partial charge < -0.3 is 25.1 Å². The zero-order valence-electron chi connectivity index (χ0n) is 10.5. The average Bonchev–Trinajstić information content (AvgIpc) is 2.23. The molecule has 0 aliphatic heterocycles. The maximum Gasteiger partial charge on any atom is 0.323 e. The molecule has 0 saturated heterocycles. The molecule has 0 bridgehead atoms. The molecule has 1 fully saturated rings. The Morgan fingerprint density at radius 2 is 1.58 bits per heavy atom. The highest BCUT2D eigenvalue weighted by atomic mass is 16.4. The molecule has 0 spiro atoms. The van der Waals surface area contributed by atoms with E-state index in [-0.39, 0.29) is 19.2 Å². The van der Waals surface area contributed by atoms with Gasteiger partial charge in [-0.1, -0.05) is 0 Å². The van der Waals surface area contributed by atoms with Crippen LogP contribution in [0.3, 0.4) is 0 Å². The van der Waals surface area contributed by atoms with Crippen molar-refractivity contribution >= 4 is 18.0 Å². The fourth-order valence-electron chi connectivity index (χ4n) is 1.94. The lowest BCUT2D eigenvalue weighted by molar-refractivity contribution is -0.140. The van der Waals surface area contributed by atoms with Crippen LogP contribution in [0.5, 0.6) is 0 Å². The summed E-state index contributed by atoms with van der Waals surface area (Å²) in [6.07, 6.45) is 2.55. The lowest BCUT2D eigenvalue weighted by atomic mass is 9.91. The van der Waals surface area contributed by atoms with E-state index in [1.807, 2.05) is 0 Å². The van der Waals surface area contributed by atoms with Crippen molar-refractivity contribution in [2.45, 2.75) is 25.3 Å². The summed E-state index contributed by atoms with van der Waals surface area (Å²) in [5.41, 5.74) is 0. The number of hydrogen-bond donors (Lipinski definition) is 3. The fourth-order valence-corrected chi connectivity index (χ4v) is 1.94. The second kappa shape index (κ2) is 6.93. The van der Waals surface area contributed by atoms with Crippen LogP contribution in [0, 0.1) is 0 Å². The number of nitrogens with zero attached hydrogens (tertiary/aromatic N) is 2. The number of carboxylic acid groups (broad SMARTS) is 2. The molecule has 0 radical (unpaired) electrons. The molecule has 108 valence electrons. The zero-order chi connectivity index (χ0) is 14.4. The van der Waals surface area contributed by atoms with Crippen LogP contribution in [0.2, 0.25) is 0 Å². The largest absolute Gasteiger partial charge is 0.480 e. The van der Waals surface area contributed by atoms with Crippen molar-refractivity contribution in [2.24, 2.45) is 0 Å². The van der Waals surface area contributed by atoms with Crippen LogP contribution in [0.25, 0.3) is 0 Å². The number of aliphatic hydroxyl groups excluding tert-OH is 1. The maximum atomic E-state index is 12.2. The number of carbonyl (C=O) groups is 3. The molecule has 1 saturated carbocycles. The summed E-state index contributed by atoms with van der Waals surface area (Å²) in [7, 11) is 0. The number of amides is 2. The molecule has 0 atom stereocenters. The molecule has 0 aromatic rings. The minimum atomic E-state index is -1.27. The van der Waals surface area contributed by atoms with E-state index >= 15 is 0 Å². The molecule has 1 rings (SSSR count). The number of aliphatic carboxylic acids is 2. The molecule has 0 heterocycles. The Bertz CT molecular complexity index is 339. The van der Waals surface area contributed by atoms with Crippen molar-refractivity contribution in [3.63, 3.8) is 0 Å². The average molecular weight is 274 g/mol. The summed E-state index contributed by atoms with van der Waals surface area (Å²) < 4.78 is 0. The quantitative estimate of drug-likeness (QED) is 0.572. The van der Waals surface area contributed by atoms with Gasteiger partial charge in [0.15, 0.2) is 0 Å². The normalized spacial score (nSPS) is 14.6. The second-order valence-corrected chi connectivity index (χ2v) is 4.43. The van der Waals surface area contributed by atoms with Crippen LogP contribution >= 0.6 is 0 Å². The summed E-state index contributed by atoms with van der Waals surface area (Å²) in [6, 6.07) is -0.687. The topological polar surface area (TPSA) is 118 Å². The number of aliphatic hydroxyl groups is 1. The van der Waals surface area contributed by atoms with Gasteiger partial charge in [-0.2, -0.15) is 0 Å². The Balaban J connectivity index is 2.75. The summed E-state index contributed by atoms with van der Waals surface area (Å²) >= 11 is 0. The second-order valence-electron chi connectivity index (χ2n) is 4.43. The van der Waals surface area contributed by atoms with Crippen molar-refractivity contribution in [3.8, 4) is 0 Å². The smallest absolute Gasteiger partial charge is 0.323 e. The monoisotopic (exact) mass is 274 g/mol. The molecular formula is C11H18N2O6. The number of hydrogen-bond acceptors (Lipinski definition) is 4. The third kappa shape index (κ3) is 4.40. The molecule has 1 aliphatic carbocycles. The van der Waals surface area contributed by atoms with Crippen molar-refractivity contribution in [1.82, 2.24) is 9.80 Å². The van der Waals surface area contributed by atoms with Crippen LogP contribution in [-0.4, -0.2) is 75.4 Å². The highest BCUT2D eigenvalue weighted by molar-refractivity contribution is 5.84. The summed E-state index contributed by atoms with van der Waals surface area (Å²) in [5.74, 6) is -2.54. The van der Waals surface area contributed by atoms with Gasteiger partial charge in [0.2, 0.25) is 0 Å². The zero-order valence-corrected chi connectivity index (χ0v) is 10.5. The van der Waals surface area contributed by atoms with Gasteiger partial charge in [-0.25, -0.2) is 4.79 Å². The Hall–Kier alpha value is -1.83. The van der Waals surface area contributed by atoms with Crippen molar-refractivity contribution in [1.29, 1.82) is 0 Å². The predicted octanol–water partition coefficient (Wildman–Crippen LogP) is -0.576. The molecule has 8 nitrogen and oxygen atoms in total. The van der Waals surface area contributed by atoms with Gasteiger partial charge >= 0.3 is 18.0 Å². The Kier molecular flexibility index (Phi) is 5.56. The van der Waals surface area contributed by atoms with E-state index in [2.05, 4.69) is 0 Å². The Morgan fingerprint density at radius 1 is 1.05 bits per heavy atom. The SMILES string of the molecule is O=C(O)CN(CC(=O)O)C(=O)N(CCO)C1CCC1. The van der Waals surface area contributed by atoms with Gasteiger partial charge in [0.05, 0.1) is 6.61 Å². The number of urea groups is 1. The van der Waals surface area contributed by atoms with E-state index in [0.717, 1.165) is 24.2 Å². The number of carbonyl (C=O) groups excluding carboxylic acids is 1. The molecule has 19 heavy (non-hydrogen) atoms. The van der Waals surface area contributed by atoms with E-state index in [9.17, 15) is 14.4 Å². The molecule has 0 aromatic heterocycles. The lowest BCUT2D eigenvalue weighted by Crippen LogP contribution is -2.53. The predicted molar refractivity (Wildman–Crippen MR) is 63.7 cm³/mol. The molecule has 0 aromatic carbocycles. The maximum absolute atomic E-state index is 12.2. The van der Waals surface area contributed by atoms with Gasteiger partial charge in [0, 0.05) is 12.6 Å². The van der Waals surface area contributed by atoms with Gasteiger partial charge in [-0.05, 0) is 19.3 Å². The summed E-state index contributed by atoms with van der Waals surface area (Å²) in [5, 5.41) is 26.4. The third-order valence-electron chi connectivity index (χ3n) is 3.02. The first kappa shape index (κ1) is 15.2. The Labute approximate surface area is 110 Å². The first-order chi connectivity index (χ1) is 8.95. The van der Waals surface area contributed by atoms with Gasteiger partial charge in [0.1, 0.15) is 13.1 Å². The van der Waals surface area contributed by atoms with E-state index < -0.39 is 31.1 Å². The van der Waals surface area contributed by atoms with Crippen LogP contribution in [0.1, 0.15) is 19.3 Å². The van der Waals surface area contributed by atoms with Crippen LogP contribution in [0.4, 0.5) is 4.79 Å². The highest BCUT2D eigenvalue weighted by Crippen LogP contribution is 2.25. The van der Waals surface area contributed by atoms with Crippen LogP contribution in [0.15, 0.2) is 0 Å². The first-order valence-electron chi connectivity index (χ1n) is 6.05. The van der Waals surface area contributed by atoms with Crippen molar-refractivity contribution < 1.29 is 29.7 Å². The van der Waals surface area contributed by atoms with Crippen molar-refractivity contribution in [2.75, 3.05) is 26.2 Å². The molecule has 1 aliphatic rings. The van der Waals surface area contributed by atoms with Crippen molar-refractivity contribution in [3.05, 3.63) is 0 Å². The minimum Gasteiger partial charge on any atom is -0.480 e. The van der Waals surface area contributed by atoms with Gasteiger partial charge in [-0.15, -0.1) is 0 Å². The van der Waals surface area contributed by atoms with Gasteiger partial charge in [-0.3, -0.25) is 9.59 Å². The molecule has 8 heteroatoms. The van der Waals surface area contributed by atoms with E-state index in [0.29, 0.717) is 0 Å². The fraction of sp³-hybridized carbons (Fsp3) is 0.727. The molecule has 3 N–H and O–H groups in total. The standard InChI is InChI=1S/C11H18N2O6/c14-5-4-13(8-2-1-3-8)11(19)12(6-9(15)16)7-10(17)18/h8,14H,1-7H2,(H,15,16)(H,17,18). The van der Waals surface area contributed by atoms with E-state index in [1.54, 1.807) is 0 Å². The first-order valence-corrected chi connectivity index (χ1v) is 6.05. The molecular weight excluding hydrogens is 256 g/mol. The van der Waals surface area contributed by atoms with Crippen LogP contribution < -0.4 is 0 Å². The molecule has 2 amide bonds. The summed E-state index contributed by atoms with van der Waals surface area (Å²) in [4.78, 5) is 35.6. The number of carboxylic acids is 2. The minimum absolute atomic E-state index is 0.0373. The lowest BCUT2D eigenvalue weighted by Gasteiger charge is -2.39. The third-order valence-corrected chi connectivity index (χ3v) is 3.02. The van der Waals surface area contributed by atoms with E-state index in [4.69, 9.17) is 15.3 Å². The van der Waals surface area contributed by atoms with Gasteiger partial charge in [0.25, 0.3) is 0 Å². The van der Waals surface area contributed by atoms with E-state index in [1.165, 1.54) is 4.90 Å². The highest BCUT2D eigenvalue weighted by Gasteiger charge is 2.32. The molecule has 0 unspecified atom stereocenters.